The van der Waals surface area contributed by atoms with Crippen LogP contribution in [0.2, 0.25) is 0 Å². The molecule has 0 atom stereocenters. The Labute approximate surface area is 119 Å². The van der Waals surface area contributed by atoms with Gasteiger partial charge in [0.1, 0.15) is 17.1 Å². The van der Waals surface area contributed by atoms with E-state index in [4.69, 9.17) is 9.84 Å². The Morgan fingerprint density at radius 3 is 2.57 bits per heavy atom. The predicted octanol–water partition coefficient (Wildman–Crippen LogP) is 1.81. The van der Waals surface area contributed by atoms with Crippen LogP contribution < -0.4 is 4.74 Å². The third-order valence-corrected chi connectivity index (χ3v) is 3.11. The lowest BCUT2D eigenvalue weighted by Gasteiger charge is -2.05. The molecule has 1 N–H and O–H groups in total. The maximum Gasteiger partial charge on any atom is 0.341 e. The summed E-state index contributed by atoms with van der Waals surface area (Å²) in [4.78, 5) is 19.9. The van der Waals surface area contributed by atoms with Crippen molar-refractivity contribution < 1.29 is 14.6 Å². The molecule has 0 radical (unpaired) electrons. The topological polar surface area (TPSA) is 89.6 Å². The molecule has 0 aliphatic heterocycles. The van der Waals surface area contributed by atoms with Crippen LogP contribution in [-0.4, -0.2) is 37.8 Å². The zero-order valence-corrected chi connectivity index (χ0v) is 11.4. The van der Waals surface area contributed by atoms with Gasteiger partial charge >= 0.3 is 5.97 Å². The molecule has 21 heavy (non-hydrogen) atoms. The number of carboxylic acid groups (broad SMARTS) is 1. The molecular weight excluding hydrogens is 272 g/mol. The highest BCUT2D eigenvalue weighted by Crippen LogP contribution is 2.21. The molecule has 0 bridgehead atoms. The Balaban J connectivity index is 2.18. The van der Waals surface area contributed by atoms with Gasteiger partial charge in [0.05, 0.1) is 13.3 Å². The lowest BCUT2D eigenvalue weighted by atomic mass is 10.2. The molecule has 3 rings (SSSR count). The van der Waals surface area contributed by atoms with Gasteiger partial charge in [0.25, 0.3) is 0 Å². The lowest BCUT2D eigenvalue weighted by Crippen LogP contribution is -2.04. The van der Waals surface area contributed by atoms with Crippen LogP contribution in [-0.2, 0) is 0 Å². The van der Waals surface area contributed by atoms with Crippen LogP contribution in [0.1, 0.15) is 16.2 Å². The Morgan fingerprint density at radius 1 is 1.24 bits per heavy atom. The number of ether oxygens (including phenoxy) is 1. The van der Waals surface area contributed by atoms with Crippen LogP contribution in [0.4, 0.5) is 0 Å². The van der Waals surface area contributed by atoms with Crippen molar-refractivity contribution in [2.75, 3.05) is 7.11 Å². The first-order chi connectivity index (χ1) is 10.1. The molecule has 0 saturated heterocycles. The minimum absolute atomic E-state index is 0.0512. The van der Waals surface area contributed by atoms with Crippen LogP contribution in [0.5, 0.6) is 5.75 Å². The summed E-state index contributed by atoms with van der Waals surface area (Å²) in [5.41, 5.74) is 1.11. The number of nitrogens with zero attached hydrogens (tertiary/aromatic N) is 4. The van der Waals surface area contributed by atoms with Crippen LogP contribution in [0.15, 0.2) is 30.5 Å². The van der Waals surface area contributed by atoms with Crippen molar-refractivity contribution in [2.24, 2.45) is 0 Å². The largest absolute Gasteiger partial charge is 0.497 e. The molecule has 0 unspecified atom stereocenters. The number of fused-ring (bicyclic) bond motifs is 1. The Hall–Kier alpha value is -2.96. The molecule has 0 saturated carbocycles. The Bertz CT molecular complexity index is 824. The van der Waals surface area contributed by atoms with Gasteiger partial charge in [-0.3, -0.25) is 0 Å². The predicted molar refractivity (Wildman–Crippen MR) is 74.5 cm³/mol. The first kappa shape index (κ1) is 13.0. The van der Waals surface area contributed by atoms with Gasteiger partial charge in [-0.15, -0.1) is 0 Å². The molecule has 0 aliphatic carbocycles. The van der Waals surface area contributed by atoms with Crippen molar-refractivity contribution in [1.29, 1.82) is 0 Å². The van der Waals surface area contributed by atoms with Gasteiger partial charge in [0.2, 0.25) is 0 Å². The molecule has 0 aliphatic rings. The number of hydrogen-bond acceptors (Lipinski definition) is 5. The van der Waals surface area contributed by atoms with E-state index in [0.717, 1.165) is 11.3 Å². The standard InChI is InChI=1S/C14H12N4O3/c1-8-16-12(9-3-5-10(21-2)6-4-9)17-13-11(14(19)20)7-15-18(8)13/h3-7H,1-2H3,(H,19,20). The summed E-state index contributed by atoms with van der Waals surface area (Å²) in [6.07, 6.45) is 1.27. The van der Waals surface area contributed by atoms with E-state index in [0.29, 0.717) is 11.6 Å². The second kappa shape index (κ2) is 4.86. The van der Waals surface area contributed by atoms with Crippen molar-refractivity contribution in [2.45, 2.75) is 6.92 Å². The normalized spacial score (nSPS) is 10.8. The smallest absolute Gasteiger partial charge is 0.341 e. The van der Waals surface area contributed by atoms with Gasteiger partial charge in [-0.25, -0.2) is 19.3 Å². The maximum atomic E-state index is 11.2. The monoisotopic (exact) mass is 284 g/mol. The number of aryl methyl sites for hydroxylation is 1. The van der Waals surface area contributed by atoms with Gasteiger partial charge in [-0.2, -0.15) is 5.10 Å². The van der Waals surface area contributed by atoms with Gasteiger partial charge in [0.15, 0.2) is 11.5 Å². The highest BCUT2D eigenvalue weighted by molar-refractivity contribution is 5.94. The van der Waals surface area contributed by atoms with E-state index in [9.17, 15) is 4.79 Å². The minimum atomic E-state index is -1.07. The quantitative estimate of drug-likeness (QED) is 0.788. The summed E-state index contributed by atoms with van der Waals surface area (Å²) >= 11 is 0. The average Bonchev–Trinajstić information content (AvgIpc) is 2.92. The van der Waals surface area contributed by atoms with Gasteiger partial charge in [-0.1, -0.05) is 0 Å². The summed E-state index contributed by atoms with van der Waals surface area (Å²) in [5.74, 6) is 0.680. The lowest BCUT2D eigenvalue weighted by molar-refractivity contribution is 0.0699. The van der Waals surface area contributed by atoms with E-state index in [1.54, 1.807) is 26.2 Å². The summed E-state index contributed by atoms with van der Waals surface area (Å²) < 4.78 is 6.52. The molecule has 0 spiro atoms. The molecule has 1 aromatic carbocycles. The molecule has 7 nitrogen and oxygen atoms in total. The van der Waals surface area contributed by atoms with E-state index in [1.807, 2.05) is 12.1 Å². The number of carbonyl (C=O) groups is 1. The van der Waals surface area contributed by atoms with Crippen molar-refractivity contribution in [3.63, 3.8) is 0 Å². The van der Waals surface area contributed by atoms with Crippen molar-refractivity contribution >= 4 is 11.6 Å². The zero-order chi connectivity index (χ0) is 15.0. The highest BCUT2D eigenvalue weighted by atomic mass is 16.5. The maximum absolute atomic E-state index is 11.2. The van der Waals surface area contributed by atoms with Crippen molar-refractivity contribution in [3.05, 3.63) is 41.9 Å². The number of carboxylic acids is 1. The fourth-order valence-corrected chi connectivity index (χ4v) is 2.03. The molecule has 0 fully saturated rings. The number of methoxy groups -OCH3 is 1. The first-order valence-corrected chi connectivity index (χ1v) is 6.20. The Morgan fingerprint density at radius 2 is 1.95 bits per heavy atom. The van der Waals surface area contributed by atoms with Crippen LogP contribution in [0, 0.1) is 6.92 Å². The molecule has 7 heteroatoms. The van der Waals surface area contributed by atoms with E-state index >= 15 is 0 Å². The van der Waals surface area contributed by atoms with E-state index in [-0.39, 0.29) is 11.2 Å². The zero-order valence-electron chi connectivity index (χ0n) is 11.4. The molecule has 0 amide bonds. The molecular formula is C14H12N4O3. The summed E-state index contributed by atoms with van der Waals surface area (Å²) in [7, 11) is 1.59. The summed E-state index contributed by atoms with van der Waals surface area (Å²) in [6, 6.07) is 7.24. The van der Waals surface area contributed by atoms with Gasteiger partial charge < -0.3 is 9.84 Å². The first-order valence-electron chi connectivity index (χ1n) is 6.20. The second-order valence-corrected chi connectivity index (χ2v) is 4.42. The fourth-order valence-electron chi connectivity index (χ4n) is 2.03. The fraction of sp³-hybridized carbons (Fsp3) is 0.143. The molecule has 2 heterocycles. The molecule has 3 aromatic rings. The van der Waals surface area contributed by atoms with Crippen LogP contribution >= 0.6 is 0 Å². The number of rotatable bonds is 3. The number of hydrogen-bond donors (Lipinski definition) is 1. The highest BCUT2D eigenvalue weighted by Gasteiger charge is 2.16. The minimum Gasteiger partial charge on any atom is -0.497 e. The second-order valence-electron chi connectivity index (χ2n) is 4.42. The summed E-state index contributed by atoms with van der Waals surface area (Å²) in [5, 5.41) is 13.2. The van der Waals surface area contributed by atoms with Gasteiger partial charge in [-0.05, 0) is 31.2 Å². The SMILES string of the molecule is COc1ccc(-c2nc(C)n3ncc(C(=O)O)c3n2)cc1. The Kier molecular flexibility index (Phi) is 3.02. The average molecular weight is 284 g/mol. The van der Waals surface area contributed by atoms with Crippen molar-refractivity contribution in [1.82, 2.24) is 19.6 Å². The van der Waals surface area contributed by atoms with Crippen molar-refractivity contribution in [3.8, 4) is 17.1 Å². The molecule has 2 aromatic heterocycles. The van der Waals surface area contributed by atoms with E-state index in [2.05, 4.69) is 15.1 Å². The summed E-state index contributed by atoms with van der Waals surface area (Å²) in [6.45, 7) is 1.75. The number of aromatic nitrogens is 4. The number of aromatic carboxylic acids is 1. The molecule has 106 valence electrons. The third-order valence-electron chi connectivity index (χ3n) is 3.11. The van der Waals surface area contributed by atoms with Crippen LogP contribution in [0.25, 0.3) is 17.0 Å². The van der Waals surface area contributed by atoms with E-state index < -0.39 is 5.97 Å². The number of benzene rings is 1. The van der Waals surface area contributed by atoms with Crippen LogP contribution in [0.3, 0.4) is 0 Å². The third kappa shape index (κ3) is 2.18. The van der Waals surface area contributed by atoms with E-state index in [1.165, 1.54) is 10.7 Å². The van der Waals surface area contributed by atoms with Gasteiger partial charge in [0, 0.05) is 5.56 Å².